The molecule has 0 fully saturated rings. The molecule has 0 saturated carbocycles. The van der Waals surface area contributed by atoms with Gasteiger partial charge in [-0.25, -0.2) is 4.79 Å². The van der Waals surface area contributed by atoms with Crippen LogP contribution in [-0.2, 0) is 0 Å². The molecule has 140 valence electrons. The number of ketones is 1. The van der Waals surface area contributed by atoms with E-state index >= 15 is 0 Å². The standard InChI is InChI=1S/C21H17N3O4/c1-12-16(18(25)13-7-3-2-4-8-13)11-17(23-21(28)22-12)24-19(26)14-9-5-6-10-15(14)20(24)27/h2-10,17H,11H2,1H3,(H2,22,23,28). The Morgan fingerprint density at radius 2 is 1.50 bits per heavy atom. The third-order valence-corrected chi connectivity index (χ3v) is 4.90. The minimum atomic E-state index is -0.965. The number of rotatable bonds is 3. The summed E-state index contributed by atoms with van der Waals surface area (Å²) in [6, 6.07) is 14.6. The van der Waals surface area contributed by atoms with Crippen LogP contribution in [0.5, 0.6) is 0 Å². The van der Waals surface area contributed by atoms with E-state index in [1.165, 1.54) is 0 Å². The van der Waals surface area contributed by atoms with Crippen molar-refractivity contribution in [1.82, 2.24) is 15.5 Å². The predicted octanol–water partition coefficient (Wildman–Crippen LogP) is 2.47. The van der Waals surface area contributed by atoms with Gasteiger partial charge in [0.05, 0.1) is 11.1 Å². The largest absolute Gasteiger partial charge is 0.320 e. The number of benzene rings is 2. The molecule has 2 N–H and O–H groups in total. The average molecular weight is 375 g/mol. The molecule has 0 saturated heterocycles. The minimum absolute atomic E-state index is 0.0176. The maximum absolute atomic E-state index is 13.0. The molecule has 7 heteroatoms. The van der Waals surface area contributed by atoms with Crippen molar-refractivity contribution in [1.29, 1.82) is 0 Å². The van der Waals surface area contributed by atoms with E-state index in [4.69, 9.17) is 0 Å². The van der Waals surface area contributed by atoms with E-state index in [-0.39, 0.29) is 23.3 Å². The third kappa shape index (κ3) is 2.87. The lowest BCUT2D eigenvalue weighted by Crippen LogP contribution is -2.52. The van der Waals surface area contributed by atoms with Gasteiger partial charge in [0.15, 0.2) is 5.78 Å². The van der Waals surface area contributed by atoms with Crippen LogP contribution < -0.4 is 10.6 Å². The Bertz CT molecular complexity index is 1010. The number of carbonyl (C=O) groups excluding carboxylic acids is 4. The number of fused-ring (bicyclic) bond motifs is 1. The first kappa shape index (κ1) is 17.7. The lowest BCUT2D eigenvalue weighted by atomic mass is 9.97. The molecule has 2 aromatic rings. The Labute approximate surface area is 161 Å². The van der Waals surface area contributed by atoms with Crippen LogP contribution in [0.15, 0.2) is 65.9 Å². The number of Topliss-reactive ketones (excluding diaryl/α,β-unsaturated/α-hetero) is 1. The monoisotopic (exact) mass is 375 g/mol. The molecular weight excluding hydrogens is 358 g/mol. The molecule has 2 aromatic carbocycles. The first-order valence-electron chi connectivity index (χ1n) is 8.81. The van der Waals surface area contributed by atoms with Crippen molar-refractivity contribution in [2.24, 2.45) is 0 Å². The van der Waals surface area contributed by atoms with E-state index in [0.717, 1.165) is 4.90 Å². The molecule has 28 heavy (non-hydrogen) atoms. The van der Waals surface area contributed by atoms with Crippen molar-refractivity contribution in [2.45, 2.75) is 19.5 Å². The lowest BCUT2D eigenvalue weighted by molar-refractivity contribution is 0.0562. The Morgan fingerprint density at radius 1 is 0.929 bits per heavy atom. The predicted molar refractivity (Wildman–Crippen MR) is 100 cm³/mol. The molecule has 0 bridgehead atoms. The van der Waals surface area contributed by atoms with Gasteiger partial charge in [-0.2, -0.15) is 0 Å². The van der Waals surface area contributed by atoms with Gasteiger partial charge in [-0.05, 0) is 19.1 Å². The van der Waals surface area contributed by atoms with Crippen LogP contribution in [0.25, 0.3) is 0 Å². The van der Waals surface area contributed by atoms with E-state index < -0.39 is 24.0 Å². The van der Waals surface area contributed by atoms with Crippen molar-refractivity contribution in [2.75, 3.05) is 0 Å². The zero-order chi connectivity index (χ0) is 19.8. The number of nitrogens with one attached hydrogen (secondary N) is 2. The van der Waals surface area contributed by atoms with E-state index in [9.17, 15) is 19.2 Å². The summed E-state index contributed by atoms with van der Waals surface area (Å²) in [5.74, 6) is -1.24. The first-order valence-corrected chi connectivity index (χ1v) is 8.81. The highest BCUT2D eigenvalue weighted by Gasteiger charge is 2.42. The second-order valence-electron chi connectivity index (χ2n) is 6.64. The minimum Gasteiger partial charge on any atom is -0.317 e. The van der Waals surface area contributed by atoms with E-state index in [1.807, 2.05) is 0 Å². The molecule has 2 heterocycles. The fourth-order valence-electron chi connectivity index (χ4n) is 3.50. The average Bonchev–Trinajstić information content (AvgIpc) is 2.85. The number of imide groups is 1. The number of carbonyl (C=O) groups is 4. The van der Waals surface area contributed by atoms with Gasteiger partial charge in [-0.1, -0.05) is 42.5 Å². The normalized spacial score (nSPS) is 19.1. The molecule has 0 spiro atoms. The topological polar surface area (TPSA) is 95.6 Å². The van der Waals surface area contributed by atoms with Crippen LogP contribution in [0.1, 0.15) is 44.4 Å². The smallest absolute Gasteiger partial charge is 0.317 e. The molecule has 4 amide bonds. The summed E-state index contributed by atoms with van der Waals surface area (Å²) in [5, 5.41) is 5.23. The van der Waals surface area contributed by atoms with Crippen LogP contribution >= 0.6 is 0 Å². The van der Waals surface area contributed by atoms with Gasteiger partial charge in [0.25, 0.3) is 11.8 Å². The Morgan fingerprint density at radius 3 is 2.11 bits per heavy atom. The van der Waals surface area contributed by atoms with Gasteiger partial charge >= 0.3 is 6.03 Å². The van der Waals surface area contributed by atoms with Crippen LogP contribution in [0.2, 0.25) is 0 Å². The number of allylic oxidation sites excluding steroid dienone is 1. The number of hydrogen-bond acceptors (Lipinski definition) is 4. The van der Waals surface area contributed by atoms with Crippen molar-refractivity contribution >= 4 is 23.6 Å². The summed E-state index contributed by atoms with van der Waals surface area (Å²) in [6.45, 7) is 1.63. The summed E-state index contributed by atoms with van der Waals surface area (Å²) in [6.07, 6.45) is -0.948. The van der Waals surface area contributed by atoms with Crippen molar-refractivity contribution in [3.05, 3.63) is 82.6 Å². The summed E-state index contributed by atoms with van der Waals surface area (Å²) in [4.78, 5) is 51.8. The van der Waals surface area contributed by atoms with Gasteiger partial charge < -0.3 is 10.6 Å². The van der Waals surface area contributed by atoms with E-state index in [1.54, 1.807) is 61.5 Å². The fraction of sp³-hybridized carbons (Fsp3) is 0.143. The molecule has 1 atom stereocenters. The second kappa shape index (κ2) is 6.77. The maximum Gasteiger partial charge on any atom is 0.320 e. The van der Waals surface area contributed by atoms with Crippen molar-refractivity contribution < 1.29 is 19.2 Å². The molecule has 7 nitrogen and oxygen atoms in total. The number of urea groups is 1. The summed E-state index contributed by atoms with van der Waals surface area (Å²) in [7, 11) is 0. The van der Waals surface area contributed by atoms with Crippen LogP contribution in [0, 0.1) is 0 Å². The van der Waals surface area contributed by atoms with Gasteiger partial charge in [0.2, 0.25) is 0 Å². The van der Waals surface area contributed by atoms with Crippen molar-refractivity contribution in [3.63, 3.8) is 0 Å². The van der Waals surface area contributed by atoms with Gasteiger partial charge in [-0.15, -0.1) is 0 Å². The molecule has 4 rings (SSSR count). The molecule has 1 unspecified atom stereocenters. The van der Waals surface area contributed by atoms with Crippen LogP contribution in [-0.4, -0.2) is 34.7 Å². The SMILES string of the molecule is CC1=C(C(=O)c2ccccc2)CC(N2C(=O)c3ccccc3C2=O)NC(=O)N1. The van der Waals surface area contributed by atoms with Crippen LogP contribution in [0.4, 0.5) is 4.79 Å². The summed E-state index contributed by atoms with van der Waals surface area (Å²) >= 11 is 0. The summed E-state index contributed by atoms with van der Waals surface area (Å²) < 4.78 is 0. The molecule has 2 aliphatic heterocycles. The Hall–Kier alpha value is -3.74. The molecule has 0 aliphatic carbocycles. The Kier molecular flexibility index (Phi) is 4.27. The van der Waals surface area contributed by atoms with Crippen LogP contribution in [0.3, 0.4) is 0 Å². The first-order chi connectivity index (χ1) is 13.5. The maximum atomic E-state index is 13.0. The molecule has 0 aromatic heterocycles. The third-order valence-electron chi connectivity index (χ3n) is 4.90. The van der Waals surface area contributed by atoms with Gasteiger partial charge in [0.1, 0.15) is 6.17 Å². The quantitative estimate of drug-likeness (QED) is 0.636. The number of nitrogens with zero attached hydrogens (tertiary/aromatic N) is 1. The molecular formula is C21H17N3O4. The zero-order valence-electron chi connectivity index (χ0n) is 15.1. The van der Waals surface area contributed by atoms with E-state index in [2.05, 4.69) is 10.6 Å². The van der Waals surface area contributed by atoms with Gasteiger partial charge in [-0.3, -0.25) is 19.3 Å². The lowest BCUT2D eigenvalue weighted by Gasteiger charge is -2.25. The Balaban J connectivity index is 1.70. The zero-order valence-corrected chi connectivity index (χ0v) is 15.1. The number of amides is 4. The van der Waals surface area contributed by atoms with Gasteiger partial charge in [0, 0.05) is 23.3 Å². The molecule has 0 radical (unpaired) electrons. The second-order valence-corrected chi connectivity index (χ2v) is 6.64. The fourth-order valence-corrected chi connectivity index (χ4v) is 3.50. The highest BCUT2D eigenvalue weighted by molar-refractivity contribution is 6.21. The highest BCUT2D eigenvalue weighted by atomic mass is 16.2. The number of hydrogen-bond donors (Lipinski definition) is 2. The summed E-state index contributed by atoms with van der Waals surface area (Å²) in [5.41, 5.74) is 1.77. The van der Waals surface area contributed by atoms with Crippen molar-refractivity contribution in [3.8, 4) is 0 Å². The molecule has 2 aliphatic rings. The van der Waals surface area contributed by atoms with E-state index in [0.29, 0.717) is 16.8 Å². The highest BCUT2D eigenvalue weighted by Crippen LogP contribution is 2.28.